The van der Waals surface area contributed by atoms with E-state index in [1.807, 2.05) is 32.0 Å². The van der Waals surface area contributed by atoms with Crippen molar-refractivity contribution in [2.45, 2.75) is 33.6 Å². The molecule has 0 spiro atoms. The highest BCUT2D eigenvalue weighted by Crippen LogP contribution is 2.21. The maximum Gasteiger partial charge on any atom is 0.161 e. The third-order valence-corrected chi connectivity index (χ3v) is 2.70. The number of pyridine rings is 1. The summed E-state index contributed by atoms with van der Waals surface area (Å²) in [7, 11) is 0. The second-order valence-corrected chi connectivity index (χ2v) is 4.83. The molecule has 0 aliphatic rings. The summed E-state index contributed by atoms with van der Waals surface area (Å²) in [6, 6.07) is 5.78. The molecule has 0 saturated carbocycles. The van der Waals surface area contributed by atoms with E-state index in [0.717, 1.165) is 22.6 Å². The van der Waals surface area contributed by atoms with Crippen LogP contribution in [-0.4, -0.2) is 15.0 Å². The van der Waals surface area contributed by atoms with Crippen LogP contribution in [0, 0.1) is 13.8 Å². The molecule has 2 aromatic rings. The van der Waals surface area contributed by atoms with Crippen LogP contribution in [0.25, 0.3) is 11.4 Å². The first kappa shape index (κ1) is 12.5. The van der Waals surface area contributed by atoms with E-state index in [1.165, 1.54) is 0 Å². The van der Waals surface area contributed by atoms with Crippen LogP contribution in [0.15, 0.2) is 18.2 Å². The minimum Gasteiger partial charge on any atom is -0.384 e. The van der Waals surface area contributed by atoms with Crippen molar-refractivity contribution in [3.63, 3.8) is 0 Å². The minimum absolute atomic E-state index is 0.332. The molecule has 2 rings (SSSR count). The third kappa shape index (κ3) is 2.64. The molecular weight excluding hydrogens is 224 g/mol. The molecular formula is C14H18N4. The number of hydrogen-bond acceptors (Lipinski definition) is 4. The molecule has 0 saturated heterocycles. The Hall–Kier alpha value is -1.97. The Morgan fingerprint density at radius 2 is 1.56 bits per heavy atom. The van der Waals surface area contributed by atoms with Gasteiger partial charge in [-0.15, -0.1) is 0 Å². The maximum absolute atomic E-state index is 5.84. The molecule has 4 nitrogen and oxygen atoms in total. The van der Waals surface area contributed by atoms with Crippen molar-refractivity contribution in [1.82, 2.24) is 15.0 Å². The molecule has 0 bridgehead atoms. The number of nitrogens with two attached hydrogens (primary N) is 1. The average molecular weight is 242 g/mol. The van der Waals surface area contributed by atoms with Crippen LogP contribution >= 0.6 is 0 Å². The van der Waals surface area contributed by atoms with Crippen molar-refractivity contribution in [1.29, 1.82) is 0 Å². The van der Waals surface area contributed by atoms with Gasteiger partial charge < -0.3 is 5.73 Å². The Balaban J connectivity index is 2.56. The fourth-order valence-corrected chi connectivity index (χ4v) is 1.87. The fourth-order valence-electron chi connectivity index (χ4n) is 1.87. The second-order valence-electron chi connectivity index (χ2n) is 4.83. The summed E-state index contributed by atoms with van der Waals surface area (Å²) in [5.41, 5.74) is 9.69. The Morgan fingerprint density at radius 1 is 0.944 bits per heavy atom. The molecule has 2 aromatic heterocycles. The summed E-state index contributed by atoms with van der Waals surface area (Å²) < 4.78 is 0. The van der Waals surface area contributed by atoms with E-state index in [2.05, 4.69) is 28.8 Å². The zero-order chi connectivity index (χ0) is 13.3. The molecule has 0 aromatic carbocycles. The average Bonchev–Trinajstić information content (AvgIpc) is 2.26. The molecule has 0 aliphatic heterocycles. The van der Waals surface area contributed by atoms with Crippen molar-refractivity contribution < 1.29 is 0 Å². The first-order valence-electron chi connectivity index (χ1n) is 6.06. The fraction of sp³-hybridized carbons (Fsp3) is 0.357. The number of rotatable bonds is 2. The smallest absolute Gasteiger partial charge is 0.161 e. The SMILES string of the molecule is Cc1cc(-c2nc(N)cc(C(C)C)n2)cc(C)n1. The molecule has 4 heteroatoms. The number of aryl methyl sites for hydroxylation is 2. The van der Waals surface area contributed by atoms with Crippen molar-refractivity contribution in [2.75, 3.05) is 5.73 Å². The molecule has 2 heterocycles. The Kier molecular flexibility index (Phi) is 3.28. The largest absolute Gasteiger partial charge is 0.384 e. The van der Waals surface area contributed by atoms with Crippen LogP contribution in [0.5, 0.6) is 0 Å². The lowest BCUT2D eigenvalue weighted by Gasteiger charge is -2.09. The highest BCUT2D eigenvalue weighted by atomic mass is 14.9. The van der Waals surface area contributed by atoms with Crippen LogP contribution < -0.4 is 5.73 Å². The van der Waals surface area contributed by atoms with E-state index in [9.17, 15) is 0 Å². The molecule has 94 valence electrons. The van der Waals surface area contributed by atoms with Gasteiger partial charge in [-0.2, -0.15) is 0 Å². The summed E-state index contributed by atoms with van der Waals surface area (Å²) >= 11 is 0. The van der Waals surface area contributed by atoms with Crippen molar-refractivity contribution in [3.8, 4) is 11.4 Å². The predicted molar refractivity (Wildman–Crippen MR) is 73.2 cm³/mol. The lowest BCUT2D eigenvalue weighted by atomic mass is 10.1. The summed E-state index contributed by atoms with van der Waals surface area (Å²) in [5, 5.41) is 0. The molecule has 0 aliphatic carbocycles. The number of aromatic nitrogens is 3. The van der Waals surface area contributed by atoms with Gasteiger partial charge in [-0.3, -0.25) is 4.98 Å². The topological polar surface area (TPSA) is 64.7 Å². The van der Waals surface area contributed by atoms with E-state index in [1.54, 1.807) is 0 Å². The van der Waals surface area contributed by atoms with E-state index >= 15 is 0 Å². The highest BCUT2D eigenvalue weighted by Gasteiger charge is 2.09. The lowest BCUT2D eigenvalue weighted by molar-refractivity contribution is 0.818. The molecule has 0 unspecified atom stereocenters. The van der Waals surface area contributed by atoms with Gasteiger partial charge in [0.25, 0.3) is 0 Å². The van der Waals surface area contributed by atoms with Crippen molar-refractivity contribution in [2.24, 2.45) is 0 Å². The Morgan fingerprint density at radius 3 is 2.11 bits per heavy atom. The normalized spacial score (nSPS) is 10.9. The van der Waals surface area contributed by atoms with Gasteiger partial charge in [0.15, 0.2) is 5.82 Å². The van der Waals surface area contributed by atoms with Gasteiger partial charge in [0.2, 0.25) is 0 Å². The summed E-state index contributed by atoms with van der Waals surface area (Å²) in [5.74, 6) is 1.51. The van der Waals surface area contributed by atoms with Crippen LogP contribution in [0.1, 0.15) is 36.8 Å². The van der Waals surface area contributed by atoms with Crippen LogP contribution in [0.3, 0.4) is 0 Å². The van der Waals surface area contributed by atoms with E-state index in [-0.39, 0.29) is 0 Å². The summed E-state index contributed by atoms with van der Waals surface area (Å²) in [6.07, 6.45) is 0. The molecule has 0 amide bonds. The highest BCUT2D eigenvalue weighted by molar-refractivity contribution is 5.58. The van der Waals surface area contributed by atoms with Gasteiger partial charge in [-0.1, -0.05) is 13.8 Å². The number of nitrogens with zero attached hydrogens (tertiary/aromatic N) is 3. The third-order valence-electron chi connectivity index (χ3n) is 2.70. The van der Waals surface area contributed by atoms with E-state index < -0.39 is 0 Å². The predicted octanol–water partition coefficient (Wildman–Crippen LogP) is 2.86. The number of anilines is 1. The molecule has 0 atom stereocenters. The van der Waals surface area contributed by atoms with Gasteiger partial charge >= 0.3 is 0 Å². The van der Waals surface area contributed by atoms with Crippen LogP contribution in [0.2, 0.25) is 0 Å². The Labute approximate surface area is 107 Å². The zero-order valence-corrected chi connectivity index (χ0v) is 11.2. The van der Waals surface area contributed by atoms with E-state index in [0.29, 0.717) is 17.6 Å². The van der Waals surface area contributed by atoms with Crippen molar-refractivity contribution in [3.05, 3.63) is 35.3 Å². The van der Waals surface area contributed by atoms with Crippen LogP contribution in [-0.2, 0) is 0 Å². The van der Waals surface area contributed by atoms with Crippen molar-refractivity contribution >= 4 is 5.82 Å². The minimum atomic E-state index is 0.332. The Bertz CT molecular complexity index is 556. The standard InChI is InChI=1S/C14H18N4/c1-8(2)12-7-13(15)18-14(17-12)11-5-9(3)16-10(4)6-11/h5-8H,1-4H3,(H2,15,17,18). The first-order chi connectivity index (χ1) is 8.45. The lowest BCUT2D eigenvalue weighted by Crippen LogP contribution is -2.02. The summed E-state index contributed by atoms with van der Waals surface area (Å²) in [4.78, 5) is 13.2. The van der Waals surface area contributed by atoms with Gasteiger partial charge in [0, 0.05) is 28.7 Å². The van der Waals surface area contributed by atoms with Gasteiger partial charge in [0.05, 0.1) is 0 Å². The molecule has 2 N–H and O–H groups in total. The summed E-state index contributed by atoms with van der Waals surface area (Å²) in [6.45, 7) is 8.11. The first-order valence-corrected chi connectivity index (χ1v) is 6.06. The number of hydrogen-bond donors (Lipinski definition) is 1. The molecule has 0 fully saturated rings. The number of nitrogen functional groups attached to an aromatic ring is 1. The second kappa shape index (κ2) is 4.72. The zero-order valence-electron chi connectivity index (χ0n) is 11.2. The maximum atomic E-state index is 5.84. The molecule has 0 radical (unpaired) electrons. The van der Waals surface area contributed by atoms with Crippen LogP contribution in [0.4, 0.5) is 5.82 Å². The van der Waals surface area contributed by atoms with Gasteiger partial charge in [-0.25, -0.2) is 9.97 Å². The van der Waals surface area contributed by atoms with Gasteiger partial charge in [-0.05, 0) is 31.9 Å². The van der Waals surface area contributed by atoms with Gasteiger partial charge in [0.1, 0.15) is 5.82 Å². The molecule has 18 heavy (non-hydrogen) atoms. The monoisotopic (exact) mass is 242 g/mol. The van der Waals surface area contributed by atoms with E-state index in [4.69, 9.17) is 5.73 Å². The quantitative estimate of drug-likeness (QED) is 0.879.